The molecule has 30 heavy (non-hydrogen) atoms. The minimum absolute atomic E-state index is 1.26. The molecule has 0 heteroatoms. The van der Waals surface area contributed by atoms with Gasteiger partial charge in [-0.25, -0.2) is 0 Å². The van der Waals surface area contributed by atoms with Gasteiger partial charge in [0.1, 0.15) is 0 Å². The molecule has 0 saturated carbocycles. The van der Waals surface area contributed by atoms with Crippen molar-refractivity contribution in [3.63, 3.8) is 0 Å². The van der Waals surface area contributed by atoms with Gasteiger partial charge in [-0.05, 0) is 66.7 Å². The lowest BCUT2D eigenvalue weighted by molar-refractivity contribution is 1.65. The molecular weight excluding hydrogens is 360 g/mol. The van der Waals surface area contributed by atoms with E-state index in [1.807, 2.05) is 0 Å². The number of fused-ring (bicyclic) bond motifs is 3. The second kappa shape index (κ2) is 6.86. The van der Waals surface area contributed by atoms with Crippen molar-refractivity contribution in [1.29, 1.82) is 0 Å². The molecule has 0 spiro atoms. The van der Waals surface area contributed by atoms with Crippen molar-refractivity contribution in [3.8, 4) is 22.3 Å². The van der Waals surface area contributed by atoms with Crippen molar-refractivity contribution in [1.82, 2.24) is 0 Å². The largest absolute Gasteiger partial charge is 0.0616 e. The molecule has 0 atom stereocenters. The van der Waals surface area contributed by atoms with Crippen LogP contribution in [-0.4, -0.2) is 0 Å². The van der Waals surface area contributed by atoms with E-state index >= 15 is 0 Å². The second-order valence-corrected chi connectivity index (χ2v) is 7.83. The van der Waals surface area contributed by atoms with Crippen LogP contribution in [0.4, 0.5) is 0 Å². The van der Waals surface area contributed by atoms with Crippen molar-refractivity contribution in [3.05, 3.63) is 121 Å². The lowest BCUT2D eigenvalue weighted by Crippen LogP contribution is -1.87. The molecule has 0 aliphatic carbocycles. The fourth-order valence-electron chi connectivity index (χ4n) is 4.54. The number of hydrogen-bond donors (Lipinski definition) is 0. The molecule has 6 rings (SSSR count). The van der Waals surface area contributed by atoms with E-state index in [9.17, 15) is 0 Å². The summed E-state index contributed by atoms with van der Waals surface area (Å²) >= 11 is 0. The molecule has 0 unspecified atom stereocenters. The molecule has 0 aliphatic rings. The number of rotatable bonds is 2. The van der Waals surface area contributed by atoms with Crippen molar-refractivity contribution in [2.75, 3.05) is 0 Å². The van der Waals surface area contributed by atoms with E-state index in [4.69, 9.17) is 0 Å². The monoisotopic (exact) mass is 380 g/mol. The Kier molecular flexibility index (Phi) is 3.89. The van der Waals surface area contributed by atoms with Crippen LogP contribution in [-0.2, 0) is 0 Å². The molecule has 0 fully saturated rings. The highest BCUT2D eigenvalue weighted by Gasteiger charge is 2.11. The SMILES string of the molecule is c1ccc2cc(-c3cccc4cccc(-c5ccc6ccccc6c5)c34)ccc2c1. The van der Waals surface area contributed by atoms with E-state index in [0.29, 0.717) is 0 Å². The number of hydrogen-bond acceptors (Lipinski definition) is 0. The van der Waals surface area contributed by atoms with E-state index in [0.717, 1.165) is 0 Å². The highest BCUT2D eigenvalue weighted by Crippen LogP contribution is 2.38. The fraction of sp³-hybridized carbons (Fsp3) is 0. The van der Waals surface area contributed by atoms with Gasteiger partial charge in [0.25, 0.3) is 0 Å². The molecule has 0 bridgehead atoms. The first kappa shape index (κ1) is 17.0. The van der Waals surface area contributed by atoms with Crippen LogP contribution in [0.1, 0.15) is 0 Å². The van der Waals surface area contributed by atoms with Gasteiger partial charge in [0, 0.05) is 0 Å². The summed E-state index contributed by atoms with van der Waals surface area (Å²) in [4.78, 5) is 0. The minimum Gasteiger partial charge on any atom is -0.0616 e. The third-order valence-electron chi connectivity index (χ3n) is 6.03. The summed E-state index contributed by atoms with van der Waals surface area (Å²) in [7, 11) is 0. The normalized spacial score (nSPS) is 11.3. The van der Waals surface area contributed by atoms with Crippen LogP contribution in [0, 0.1) is 0 Å². The maximum Gasteiger partial charge on any atom is -0.00268 e. The van der Waals surface area contributed by atoms with Crippen molar-refractivity contribution in [2.24, 2.45) is 0 Å². The predicted molar refractivity (Wildman–Crippen MR) is 130 cm³/mol. The summed E-state index contributed by atoms with van der Waals surface area (Å²) < 4.78 is 0. The third-order valence-corrected chi connectivity index (χ3v) is 6.03. The van der Waals surface area contributed by atoms with Crippen LogP contribution in [0.5, 0.6) is 0 Å². The summed E-state index contributed by atoms with van der Waals surface area (Å²) in [5, 5.41) is 7.68. The molecule has 0 radical (unpaired) electrons. The van der Waals surface area contributed by atoms with Gasteiger partial charge in [0.2, 0.25) is 0 Å². The second-order valence-electron chi connectivity index (χ2n) is 7.83. The first-order valence-corrected chi connectivity index (χ1v) is 10.4. The molecule has 0 nitrogen and oxygen atoms in total. The Labute approximate surface area is 176 Å². The molecule has 0 aromatic heterocycles. The van der Waals surface area contributed by atoms with Gasteiger partial charge < -0.3 is 0 Å². The zero-order valence-electron chi connectivity index (χ0n) is 16.5. The summed E-state index contributed by atoms with van der Waals surface area (Å²) in [5.74, 6) is 0. The van der Waals surface area contributed by atoms with Crippen LogP contribution in [0.25, 0.3) is 54.6 Å². The van der Waals surface area contributed by atoms with Gasteiger partial charge in [-0.1, -0.05) is 109 Å². The highest BCUT2D eigenvalue weighted by molar-refractivity contribution is 6.08. The molecule has 0 N–H and O–H groups in total. The Bertz CT molecular complexity index is 1420. The van der Waals surface area contributed by atoms with Gasteiger partial charge in [-0.15, -0.1) is 0 Å². The maximum atomic E-state index is 2.31. The average molecular weight is 380 g/mol. The van der Waals surface area contributed by atoms with E-state index < -0.39 is 0 Å². The van der Waals surface area contributed by atoms with Gasteiger partial charge >= 0.3 is 0 Å². The zero-order chi connectivity index (χ0) is 19.9. The van der Waals surface area contributed by atoms with Crippen molar-refractivity contribution >= 4 is 32.3 Å². The first-order chi connectivity index (χ1) is 14.9. The van der Waals surface area contributed by atoms with Crippen molar-refractivity contribution in [2.45, 2.75) is 0 Å². The Balaban J connectivity index is 1.63. The summed E-state index contributed by atoms with van der Waals surface area (Å²) in [5.41, 5.74) is 5.07. The standard InChI is InChI=1S/C30H20/c1-3-9-24-19-26(17-15-21(24)7-1)28-13-5-11-23-12-6-14-29(30(23)28)27-18-16-22-8-2-4-10-25(22)20-27/h1-20H. The van der Waals surface area contributed by atoms with E-state index in [1.54, 1.807) is 0 Å². The lowest BCUT2D eigenvalue weighted by Gasteiger charge is -2.14. The quantitative estimate of drug-likeness (QED) is 0.282. The molecule has 0 amide bonds. The zero-order valence-corrected chi connectivity index (χ0v) is 16.5. The molecule has 140 valence electrons. The van der Waals surface area contributed by atoms with Gasteiger partial charge in [0.05, 0.1) is 0 Å². The van der Waals surface area contributed by atoms with Crippen LogP contribution >= 0.6 is 0 Å². The van der Waals surface area contributed by atoms with Crippen LogP contribution in [0.2, 0.25) is 0 Å². The van der Waals surface area contributed by atoms with Gasteiger partial charge in [-0.2, -0.15) is 0 Å². The minimum atomic E-state index is 1.26. The molecule has 0 heterocycles. The van der Waals surface area contributed by atoms with Gasteiger partial charge in [-0.3, -0.25) is 0 Å². The van der Waals surface area contributed by atoms with Crippen LogP contribution in [0.15, 0.2) is 121 Å². The van der Waals surface area contributed by atoms with Crippen molar-refractivity contribution < 1.29 is 0 Å². The lowest BCUT2D eigenvalue weighted by atomic mass is 9.90. The maximum absolute atomic E-state index is 2.31. The third kappa shape index (κ3) is 2.77. The topological polar surface area (TPSA) is 0 Å². The number of benzene rings is 6. The Hall–Kier alpha value is -3.90. The van der Waals surface area contributed by atoms with E-state index in [2.05, 4.69) is 121 Å². The Morgan fingerprint density at radius 1 is 0.300 bits per heavy atom. The predicted octanol–water partition coefficient (Wildman–Crippen LogP) is 8.48. The van der Waals surface area contributed by atoms with Gasteiger partial charge in [0.15, 0.2) is 0 Å². The Morgan fingerprint density at radius 2 is 0.733 bits per heavy atom. The van der Waals surface area contributed by atoms with E-state index in [1.165, 1.54) is 54.6 Å². The summed E-state index contributed by atoms with van der Waals surface area (Å²) in [6, 6.07) is 43.9. The van der Waals surface area contributed by atoms with Crippen LogP contribution in [0.3, 0.4) is 0 Å². The summed E-state index contributed by atoms with van der Waals surface area (Å²) in [6.07, 6.45) is 0. The Morgan fingerprint density at radius 3 is 1.23 bits per heavy atom. The van der Waals surface area contributed by atoms with Crippen LogP contribution < -0.4 is 0 Å². The van der Waals surface area contributed by atoms with E-state index in [-0.39, 0.29) is 0 Å². The summed E-state index contributed by atoms with van der Waals surface area (Å²) in [6.45, 7) is 0. The molecule has 0 saturated heterocycles. The highest BCUT2D eigenvalue weighted by atomic mass is 14.1. The molecule has 0 aliphatic heterocycles. The average Bonchev–Trinajstić information content (AvgIpc) is 2.82. The molecule has 6 aromatic rings. The first-order valence-electron chi connectivity index (χ1n) is 10.4. The molecule has 6 aromatic carbocycles. The fourth-order valence-corrected chi connectivity index (χ4v) is 4.54. The molecular formula is C30H20. The smallest absolute Gasteiger partial charge is 0.00268 e.